The van der Waals surface area contributed by atoms with Gasteiger partial charge < -0.3 is 14.9 Å². The van der Waals surface area contributed by atoms with Gasteiger partial charge in [0.2, 0.25) is 5.91 Å². The molecule has 0 aromatic carbocycles. The lowest BCUT2D eigenvalue weighted by Gasteiger charge is -2.15. The van der Waals surface area contributed by atoms with Gasteiger partial charge in [-0.15, -0.1) is 0 Å². The highest BCUT2D eigenvalue weighted by Gasteiger charge is 2.39. The van der Waals surface area contributed by atoms with Gasteiger partial charge in [0.25, 0.3) is 0 Å². The molecule has 24 heavy (non-hydrogen) atoms. The number of aryl methyl sites for hydroxylation is 1. The van der Waals surface area contributed by atoms with E-state index in [1.165, 1.54) is 0 Å². The zero-order valence-electron chi connectivity index (χ0n) is 14.4. The summed E-state index contributed by atoms with van der Waals surface area (Å²) in [4.78, 5) is 14.1. The minimum atomic E-state index is -0.259. The van der Waals surface area contributed by atoms with Gasteiger partial charge in [0.15, 0.2) is 0 Å². The molecule has 2 atom stereocenters. The van der Waals surface area contributed by atoms with E-state index < -0.39 is 0 Å². The molecule has 1 aliphatic rings. The Morgan fingerprint density at radius 2 is 2.17 bits per heavy atom. The van der Waals surface area contributed by atoms with Crippen molar-refractivity contribution < 1.29 is 13.9 Å². The highest BCUT2D eigenvalue weighted by Crippen LogP contribution is 2.34. The van der Waals surface area contributed by atoms with Gasteiger partial charge in [-0.25, -0.2) is 0 Å². The summed E-state index contributed by atoms with van der Waals surface area (Å²) >= 11 is 0. The molecule has 0 radical (unpaired) electrons. The summed E-state index contributed by atoms with van der Waals surface area (Å²) in [5.74, 6) is 1.28. The molecule has 3 heterocycles. The fourth-order valence-corrected chi connectivity index (χ4v) is 3.45. The van der Waals surface area contributed by atoms with E-state index in [2.05, 4.69) is 10.00 Å². The SMILES string of the molecule is COCc1ccc(CN2C[C@H](C(N)=O)[C@@H](c3cnn(C)c3C)C2)o1. The smallest absolute Gasteiger partial charge is 0.222 e. The number of hydrogen-bond acceptors (Lipinski definition) is 5. The first-order valence-corrected chi connectivity index (χ1v) is 8.06. The van der Waals surface area contributed by atoms with Crippen LogP contribution in [-0.2, 0) is 29.7 Å². The highest BCUT2D eigenvalue weighted by molar-refractivity contribution is 5.78. The second-order valence-corrected chi connectivity index (χ2v) is 6.42. The van der Waals surface area contributed by atoms with E-state index >= 15 is 0 Å². The van der Waals surface area contributed by atoms with Crippen LogP contribution < -0.4 is 5.73 Å². The average molecular weight is 332 g/mol. The maximum absolute atomic E-state index is 11.9. The van der Waals surface area contributed by atoms with Crippen molar-refractivity contribution in [3.05, 3.63) is 41.1 Å². The maximum atomic E-state index is 11.9. The van der Waals surface area contributed by atoms with Crippen LogP contribution in [0.4, 0.5) is 0 Å². The first-order valence-electron chi connectivity index (χ1n) is 8.06. The predicted molar refractivity (Wildman–Crippen MR) is 88.1 cm³/mol. The van der Waals surface area contributed by atoms with Crippen molar-refractivity contribution >= 4 is 5.91 Å². The molecule has 7 heteroatoms. The monoisotopic (exact) mass is 332 g/mol. The Kier molecular flexibility index (Phi) is 4.73. The van der Waals surface area contributed by atoms with E-state index in [0.29, 0.717) is 19.7 Å². The molecule has 1 amide bonds. The van der Waals surface area contributed by atoms with Crippen LogP contribution in [0.5, 0.6) is 0 Å². The number of carbonyl (C=O) groups is 1. The minimum Gasteiger partial charge on any atom is -0.462 e. The Morgan fingerprint density at radius 3 is 2.79 bits per heavy atom. The summed E-state index contributed by atoms with van der Waals surface area (Å²) in [6.07, 6.45) is 1.85. The summed E-state index contributed by atoms with van der Waals surface area (Å²) in [7, 11) is 3.55. The zero-order valence-corrected chi connectivity index (χ0v) is 14.4. The van der Waals surface area contributed by atoms with Gasteiger partial charge >= 0.3 is 0 Å². The van der Waals surface area contributed by atoms with Crippen molar-refractivity contribution in [2.45, 2.75) is 26.0 Å². The van der Waals surface area contributed by atoms with Crippen LogP contribution in [0.3, 0.4) is 0 Å². The Hall–Kier alpha value is -2.12. The number of carbonyl (C=O) groups excluding carboxylic acids is 1. The number of methoxy groups -OCH3 is 1. The molecule has 3 rings (SSSR count). The molecule has 0 aliphatic carbocycles. The standard InChI is InChI=1S/C17H24N4O3/c1-11-14(6-19-20(11)2)15-8-21(9-16(15)17(18)22)7-12-4-5-13(24-12)10-23-3/h4-6,15-16H,7-10H2,1-3H3,(H2,18,22)/t15-,16+/m1/s1. The number of likely N-dealkylation sites (tertiary alicyclic amines) is 1. The molecule has 2 N–H and O–H groups in total. The zero-order chi connectivity index (χ0) is 17.3. The predicted octanol–water partition coefficient (Wildman–Crippen LogP) is 1.17. The molecule has 2 aromatic rings. The number of aromatic nitrogens is 2. The molecule has 7 nitrogen and oxygen atoms in total. The quantitative estimate of drug-likeness (QED) is 0.858. The minimum absolute atomic E-state index is 0.0737. The van der Waals surface area contributed by atoms with E-state index in [1.54, 1.807) is 7.11 Å². The van der Waals surface area contributed by atoms with Crippen LogP contribution in [0.15, 0.2) is 22.7 Å². The number of furan rings is 1. The third-order valence-electron chi connectivity index (χ3n) is 4.82. The lowest BCUT2D eigenvalue weighted by Crippen LogP contribution is -2.29. The normalized spacial score (nSPS) is 21.5. The fraction of sp³-hybridized carbons (Fsp3) is 0.529. The van der Waals surface area contributed by atoms with Crippen LogP contribution >= 0.6 is 0 Å². The van der Waals surface area contributed by atoms with Gasteiger partial charge in [-0.3, -0.25) is 14.4 Å². The number of amides is 1. The fourth-order valence-electron chi connectivity index (χ4n) is 3.45. The van der Waals surface area contributed by atoms with Crippen molar-refractivity contribution in [3.63, 3.8) is 0 Å². The summed E-state index contributed by atoms with van der Waals surface area (Å²) in [6.45, 7) is 4.53. The number of primary amides is 1. The Balaban J connectivity index is 1.74. The van der Waals surface area contributed by atoms with Crippen molar-refractivity contribution in [2.24, 2.45) is 18.7 Å². The number of rotatable bonds is 6. The molecule has 1 saturated heterocycles. The molecule has 1 fully saturated rings. The van der Waals surface area contributed by atoms with E-state index in [9.17, 15) is 4.79 Å². The number of nitrogens with two attached hydrogens (primary N) is 1. The molecule has 2 aromatic heterocycles. The molecule has 0 spiro atoms. The third kappa shape index (κ3) is 3.22. The van der Waals surface area contributed by atoms with Crippen LogP contribution in [0.2, 0.25) is 0 Å². The van der Waals surface area contributed by atoms with Gasteiger partial charge in [0.1, 0.15) is 18.1 Å². The van der Waals surface area contributed by atoms with E-state index in [0.717, 1.165) is 29.3 Å². The summed E-state index contributed by atoms with van der Waals surface area (Å²) in [6, 6.07) is 3.87. The second kappa shape index (κ2) is 6.78. The number of ether oxygens (including phenoxy) is 1. The van der Waals surface area contributed by atoms with Crippen LogP contribution in [0.25, 0.3) is 0 Å². The van der Waals surface area contributed by atoms with Gasteiger partial charge in [-0.2, -0.15) is 5.10 Å². The largest absolute Gasteiger partial charge is 0.462 e. The molecule has 1 aliphatic heterocycles. The Morgan fingerprint density at radius 1 is 1.42 bits per heavy atom. The average Bonchev–Trinajstić information content (AvgIpc) is 3.22. The van der Waals surface area contributed by atoms with Crippen LogP contribution in [0, 0.1) is 12.8 Å². The molecule has 0 unspecified atom stereocenters. The van der Waals surface area contributed by atoms with E-state index in [-0.39, 0.29) is 17.7 Å². The number of hydrogen-bond donors (Lipinski definition) is 1. The van der Waals surface area contributed by atoms with E-state index in [1.807, 2.05) is 37.0 Å². The van der Waals surface area contributed by atoms with E-state index in [4.69, 9.17) is 14.9 Å². The highest BCUT2D eigenvalue weighted by atomic mass is 16.5. The number of nitrogens with zero attached hydrogens (tertiary/aromatic N) is 3. The first kappa shape index (κ1) is 16.7. The molecular formula is C17H24N4O3. The maximum Gasteiger partial charge on any atom is 0.222 e. The van der Waals surface area contributed by atoms with Crippen molar-refractivity contribution in [1.82, 2.24) is 14.7 Å². The Labute approximate surface area is 141 Å². The van der Waals surface area contributed by atoms with Gasteiger partial charge in [-0.05, 0) is 24.6 Å². The molecule has 130 valence electrons. The molecule has 0 saturated carbocycles. The van der Waals surface area contributed by atoms with Gasteiger partial charge in [0.05, 0.1) is 18.7 Å². The second-order valence-electron chi connectivity index (χ2n) is 6.42. The summed E-state index contributed by atoms with van der Waals surface area (Å²) in [5, 5.41) is 4.30. The summed E-state index contributed by atoms with van der Waals surface area (Å²) < 4.78 is 12.7. The first-order chi connectivity index (χ1) is 11.5. The summed E-state index contributed by atoms with van der Waals surface area (Å²) in [5.41, 5.74) is 7.83. The van der Waals surface area contributed by atoms with Crippen LogP contribution in [0.1, 0.15) is 28.7 Å². The molecule has 0 bridgehead atoms. The van der Waals surface area contributed by atoms with Gasteiger partial charge in [0, 0.05) is 38.9 Å². The van der Waals surface area contributed by atoms with Crippen molar-refractivity contribution in [1.29, 1.82) is 0 Å². The van der Waals surface area contributed by atoms with Crippen LogP contribution in [-0.4, -0.2) is 40.8 Å². The Bertz CT molecular complexity index is 721. The lowest BCUT2D eigenvalue weighted by molar-refractivity contribution is -0.121. The van der Waals surface area contributed by atoms with Gasteiger partial charge in [-0.1, -0.05) is 0 Å². The lowest BCUT2D eigenvalue weighted by atomic mass is 9.89. The molecular weight excluding hydrogens is 308 g/mol. The van der Waals surface area contributed by atoms with Crippen molar-refractivity contribution in [3.8, 4) is 0 Å². The topological polar surface area (TPSA) is 86.5 Å². The van der Waals surface area contributed by atoms with Crippen molar-refractivity contribution in [2.75, 3.05) is 20.2 Å². The third-order valence-corrected chi connectivity index (χ3v) is 4.82.